The van der Waals surface area contributed by atoms with E-state index in [4.69, 9.17) is 4.74 Å². The minimum atomic E-state index is 0.704. The van der Waals surface area contributed by atoms with Crippen molar-refractivity contribution in [3.8, 4) is 22.3 Å². The Morgan fingerprint density at radius 2 is 2.04 bits per heavy atom. The zero-order chi connectivity index (χ0) is 16.0. The van der Waals surface area contributed by atoms with Crippen molar-refractivity contribution in [2.24, 2.45) is 0 Å². The molecule has 0 spiro atoms. The summed E-state index contributed by atoms with van der Waals surface area (Å²) >= 11 is 1.71. The van der Waals surface area contributed by atoms with E-state index in [-0.39, 0.29) is 0 Å². The molecule has 1 aromatic carbocycles. The van der Waals surface area contributed by atoms with Crippen LogP contribution in [0.1, 0.15) is 11.3 Å². The summed E-state index contributed by atoms with van der Waals surface area (Å²) in [6, 6.07) is 14.5. The van der Waals surface area contributed by atoms with Crippen molar-refractivity contribution in [1.29, 1.82) is 5.26 Å². The van der Waals surface area contributed by atoms with E-state index in [2.05, 4.69) is 34.2 Å². The quantitative estimate of drug-likeness (QED) is 0.521. The SMILES string of the molecule is COc1ccc2c(c1)c(-c1cccs1)cn1c(C)cc(C#N)c21. The predicted octanol–water partition coefficient (Wildman–Crippen LogP) is 5.01. The predicted molar refractivity (Wildman–Crippen MR) is 94.2 cm³/mol. The van der Waals surface area contributed by atoms with Crippen molar-refractivity contribution in [3.63, 3.8) is 0 Å². The Hall–Kier alpha value is -2.77. The normalized spacial score (nSPS) is 11.0. The monoisotopic (exact) mass is 318 g/mol. The van der Waals surface area contributed by atoms with Crippen LogP contribution in [0.3, 0.4) is 0 Å². The molecule has 23 heavy (non-hydrogen) atoms. The number of methoxy groups -OCH3 is 1. The molecule has 0 unspecified atom stereocenters. The number of nitriles is 1. The number of thiophene rings is 1. The standard InChI is InChI=1S/C19H14N2OS/c1-12-8-13(10-20)19-15-6-5-14(22-2)9-16(15)17(11-21(12)19)18-4-3-7-23-18/h3-9,11H,1-2H3. The molecule has 0 saturated carbocycles. The third kappa shape index (κ3) is 2.01. The zero-order valence-corrected chi connectivity index (χ0v) is 13.6. The molecular formula is C19H14N2OS. The van der Waals surface area contributed by atoms with E-state index in [0.29, 0.717) is 5.56 Å². The number of pyridine rings is 1. The molecule has 0 amide bonds. The van der Waals surface area contributed by atoms with E-state index in [1.54, 1.807) is 18.4 Å². The molecule has 3 nitrogen and oxygen atoms in total. The van der Waals surface area contributed by atoms with Crippen LogP contribution >= 0.6 is 11.3 Å². The molecule has 0 aliphatic carbocycles. The summed E-state index contributed by atoms with van der Waals surface area (Å²) in [7, 11) is 1.67. The number of aromatic nitrogens is 1. The molecule has 4 aromatic rings. The Morgan fingerprint density at radius 1 is 1.17 bits per heavy atom. The van der Waals surface area contributed by atoms with Gasteiger partial charge < -0.3 is 9.14 Å². The number of hydrogen-bond donors (Lipinski definition) is 0. The first-order chi connectivity index (χ1) is 11.2. The lowest BCUT2D eigenvalue weighted by Crippen LogP contribution is -1.92. The number of nitrogens with zero attached hydrogens (tertiary/aromatic N) is 2. The maximum atomic E-state index is 9.48. The van der Waals surface area contributed by atoms with Gasteiger partial charge in [0.15, 0.2) is 0 Å². The highest BCUT2D eigenvalue weighted by molar-refractivity contribution is 7.13. The van der Waals surface area contributed by atoms with Crippen LogP contribution in [0.2, 0.25) is 0 Å². The Balaban J connectivity index is 2.23. The third-order valence-electron chi connectivity index (χ3n) is 4.17. The van der Waals surface area contributed by atoms with Gasteiger partial charge >= 0.3 is 0 Å². The molecule has 0 aliphatic rings. The molecule has 0 saturated heterocycles. The largest absolute Gasteiger partial charge is 0.497 e. The van der Waals surface area contributed by atoms with E-state index >= 15 is 0 Å². The molecule has 0 bridgehead atoms. The molecule has 112 valence electrons. The topological polar surface area (TPSA) is 37.4 Å². The number of aryl methyl sites for hydroxylation is 1. The van der Waals surface area contributed by atoms with Crippen molar-refractivity contribution in [1.82, 2.24) is 4.40 Å². The maximum absolute atomic E-state index is 9.48. The molecule has 4 heteroatoms. The summed E-state index contributed by atoms with van der Waals surface area (Å²) in [5.41, 5.74) is 3.88. The van der Waals surface area contributed by atoms with Crippen LogP contribution in [0.25, 0.3) is 26.7 Å². The van der Waals surface area contributed by atoms with Gasteiger partial charge in [0.05, 0.1) is 18.2 Å². The van der Waals surface area contributed by atoms with Crippen LogP contribution < -0.4 is 4.74 Å². The number of fused-ring (bicyclic) bond motifs is 3. The third-order valence-corrected chi connectivity index (χ3v) is 5.07. The number of rotatable bonds is 2. The lowest BCUT2D eigenvalue weighted by molar-refractivity contribution is 0.415. The minimum Gasteiger partial charge on any atom is -0.497 e. The highest BCUT2D eigenvalue weighted by Gasteiger charge is 2.15. The summed E-state index contributed by atoms with van der Waals surface area (Å²) < 4.78 is 7.51. The van der Waals surface area contributed by atoms with Crippen LogP contribution in [0.5, 0.6) is 5.75 Å². The summed E-state index contributed by atoms with van der Waals surface area (Å²) in [6.45, 7) is 2.03. The lowest BCUT2D eigenvalue weighted by Gasteiger charge is -2.11. The lowest BCUT2D eigenvalue weighted by atomic mass is 10.0. The van der Waals surface area contributed by atoms with Gasteiger partial charge in [0, 0.05) is 27.7 Å². The zero-order valence-electron chi connectivity index (χ0n) is 12.8. The van der Waals surface area contributed by atoms with Gasteiger partial charge in [-0.3, -0.25) is 0 Å². The average molecular weight is 318 g/mol. The summed E-state index contributed by atoms with van der Waals surface area (Å²) in [6.07, 6.45) is 2.12. The smallest absolute Gasteiger partial charge is 0.119 e. The van der Waals surface area contributed by atoms with Gasteiger partial charge in [0.25, 0.3) is 0 Å². The molecule has 0 atom stereocenters. The van der Waals surface area contributed by atoms with E-state index in [9.17, 15) is 5.26 Å². The van der Waals surface area contributed by atoms with Crippen LogP contribution in [-0.2, 0) is 0 Å². The molecule has 3 heterocycles. The van der Waals surface area contributed by atoms with E-state index in [0.717, 1.165) is 33.3 Å². The first-order valence-electron chi connectivity index (χ1n) is 7.29. The van der Waals surface area contributed by atoms with Gasteiger partial charge in [-0.1, -0.05) is 6.07 Å². The fourth-order valence-corrected chi connectivity index (χ4v) is 3.84. The fourth-order valence-electron chi connectivity index (χ4n) is 3.09. The Labute approximate surface area is 138 Å². The summed E-state index contributed by atoms with van der Waals surface area (Å²) in [5.74, 6) is 0.821. The van der Waals surface area contributed by atoms with E-state index in [1.807, 2.05) is 31.2 Å². The van der Waals surface area contributed by atoms with Gasteiger partial charge in [0.2, 0.25) is 0 Å². The first-order valence-corrected chi connectivity index (χ1v) is 8.17. The van der Waals surface area contributed by atoms with E-state index in [1.165, 1.54) is 4.88 Å². The summed E-state index contributed by atoms with van der Waals surface area (Å²) in [4.78, 5) is 1.21. The second-order valence-corrected chi connectivity index (χ2v) is 6.41. The Kier molecular flexibility index (Phi) is 3.10. The van der Waals surface area contributed by atoms with Gasteiger partial charge in [-0.05, 0) is 48.0 Å². The average Bonchev–Trinajstić information content (AvgIpc) is 3.21. The molecule has 3 aromatic heterocycles. The molecular weight excluding hydrogens is 304 g/mol. The van der Waals surface area contributed by atoms with Crippen LogP contribution in [0.15, 0.2) is 48.0 Å². The van der Waals surface area contributed by atoms with Gasteiger partial charge in [-0.15, -0.1) is 11.3 Å². The second kappa shape index (κ2) is 5.15. The van der Waals surface area contributed by atoms with Crippen molar-refractivity contribution in [2.75, 3.05) is 7.11 Å². The molecule has 0 N–H and O–H groups in total. The number of ether oxygens (including phenoxy) is 1. The van der Waals surface area contributed by atoms with Crippen LogP contribution in [0, 0.1) is 18.3 Å². The fraction of sp³-hybridized carbons (Fsp3) is 0.105. The number of benzene rings is 1. The maximum Gasteiger partial charge on any atom is 0.119 e. The van der Waals surface area contributed by atoms with Gasteiger partial charge in [-0.25, -0.2) is 0 Å². The highest BCUT2D eigenvalue weighted by Crippen LogP contribution is 2.37. The molecule has 0 radical (unpaired) electrons. The molecule has 0 fully saturated rings. The highest BCUT2D eigenvalue weighted by atomic mass is 32.1. The van der Waals surface area contributed by atoms with Crippen LogP contribution in [0.4, 0.5) is 0 Å². The van der Waals surface area contributed by atoms with Gasteiger partial charge in [0.1, 0.15) is 11.8 Å². The Bertz CT molecular complexity index is 1070. The molecule has 4 rings (SSSR count). The second-order valence-electron chi connectivity index (χ2n) is 5.46. The summed E-state index contributed by atoms with van der Waals surface area (Å²) in [5, 5.41) is 13.7. The number of hydrogen-bond acceptors (Lipinski definition) is 3. The van der Waals surface area contributed by atoms with Crippen molar-refractivity contribution in [3.05, 3.63) is 59.2 Å². The first kappa shape index (κ1) is 13.9. The Morgan fingerprint density at radius 3 is 2.74 bits per heavy atom. The van der Waals surface area contributed by atoms with Crippen molar-refractivity contribution >= 4 is 27.6 Å². The van der Waals surface area contributed by atoms with Crippen LogP contribution in [-0.4, -0.2) is 11.5 Å². The van der Waals surface area contributed by atoms with Crippen molar-refractivity contribution in [2.45, 2.75) is 6.92 Å². The minimum absolute atomic E-state index is 0.704. The molecule has 0 aliphatic heterocycles. The van der Waals surface area contributed by atoms with E-state index < -0.39 is 0 Å². The van der Waals surface area contributed by atoms with Gasteiger partial charge in [-0.2, -0.15) is 5.26 Å². The van der Waals surface area contributed by atoms with Crippen molar-refractivity contribution < 1.29 is 4.74 Å².